The van der Waals surface area contributed by atoms with Crippen LogP contribution in [-0.4, -0.2) is 12.9 Å². The lowest BCUT2D eigenvalue weighted by atomic mass is 9.97. The third-order valence-corrected chi connectivity index (χ3v) is 2.82. The lowest BCUT2D eigenvalue weighted by Crippen LogP contribution is -2.02. The molecule has 94 valence electrons. The van der Waals surface area contributed by atoms with E-state index in [0.29, 0.717) is 11.1 Å². The maximum Gasteiger partial charge on any atom is 0.201 e. The Morgan fingerprint density at radius 2 is 1.63 bits per heavy atom. The highest BCUT2D eigenvalue weighted by atomic mass is 16.5. The van der Waals surface area contributed by atoms with Crippen molar-refractivity contribution in [3.63, 3.8) is 0 Å². The van der Waals surface area contributed by atoms with Crippen molar-refractivity contribution in [2.24, 2.45) is 0 Å². The fourth-order valence-electron chi connectivity index (χ4n) is 1.80. The van der Waals surface area contributed by atoms with Gasteiger partial charge in [-0.15, -0.1) is 5.73 Å². The third kappa shape index (κ3) is 2.82. The molecular formula is C17H14O2. The minimum atomic E-state index is -0.0937. The summed E-state index contributed by atoms with van der Waals surface area (Å²) in [5.41, 5.74) is 4.62. The van der Waals surface area contributed by atoms with Crippen LogP contribution in [0.25, 0.3) is 5.57 Å². The first kappa shape index (κ1) is 12.9. The number of benzene rings is 2. The Morgan fingerprint density at radius 1 is 1.00 bits per heavy atom. The minimum absolute atomic E-state index is 0.0937. The predicted molar refractivity (Wildman–Crippen MR) is 76.3 cm³/mol. The summed E-state index contributed by atoms with van der Waals surface area (Å²) in [6.45, 7) is 3.61. The number of Topliss-reactive ketones (excluding diaryl/α,β-unsaturated/α-hetero) is 1. The first-order valence-corrected chi connectivity index (χ1v) is 5.90. The van der Waals surface area contributed by atoms with Crippen molar-refractivity contribution in [2.75, 3.05) is 7.11 Å². The molecule has 0 aromatic heterocycles. The molecule has 0 aliphatic heterocycles. The molecule has 2 nitrogen and oxygen atoms in total. The molecule has 0 fully saturated rings. The standard InChI is InChI=1S/C17H14O2/c1-3-16(13-7-5-4-6-8-13)17(18)14-9-11-15(19-2)12-10-14/h4-12H,1H2,2H3. The molecule has 0 saturated heterocycles. The quantitative estimate of drug-likeness (QED) is 0.469. The Morgan fingerprint density at radius 3 is 2.16 bits per heavy atom. The van der Waals surface area contributed by atoms with Crippen molar-refractivity contribution in [3.05, 3.63) is 78.0 Å². The first-order chi connectivity index (χ1) is 9.26. The van der Waals surface area contributed by atoms with Gasteiger partial charge < -0.3 is 4.74 Å². The molecule has 0 aliphatic rings. The summed E-state index contributed by atoms with van der Waals surface area (Å²) >= 11 is 0. The third-order valence-electron chi connectivity index (χ3n) is 2.82. The van der Waals surface area contributed by atoms with Crippen LogP contribution in [-0.2, 0) is 0 Å². The molecule has 2 aromatic rings. The highest BCUT2D eigenvalue weighted by Gasteiger charge is 2.13. The van der Waals surface area contributed by atoms with E-state index in [1.807, 2.05) is 30.3 Å². The number of ether oxygens (including phenoxy) is 1. The summed E-state index contributed by atoms with van der Waals surface area (Å²) in [5, 5.41) is 0. The largest absolute Gasteiger partial charge is 0.497 e. The number of carbonyl (C=O) groups excluding carboxylic acids is 1. The van der Waals surface area contributed by atoms with E-state index in [9.17, 15) is 4.79 Å². The molecule has 0 heterocycles. The van der Waals surface area contributed by atoms with Gasteiger partial charge in [-0.05, 0) is 29.8 Å². The van der Waals surface area contributed by atoms with Gasteiger partial charge in [-0.1, -0.05) is 36.9 Å². The lowest BCUT2D eigenvalue weighted by Gasteiger charge is -2.05. The van der Waals surface area contributed by atoms with Gasteiger partial charge in [0.05, 0.1) is 12.7 Å². The minimum Gasteiger partial charge on any atom is -0.497 e. The number of methoxy groups -OCH3 is 1. The molecule has 2 rings (SSSR count). The number of rotatable bonds is 4. The summed E-state index contributed by atoms with van der Waals surface area (Å²) in [5.74, 6) is 0.629. The number of carbonyl (C=O) groups is 1. The van der Waals surface area contributed by atoms with Crippen molar-refractivity contribution in [1.82, 2.24) is 0 Å². The zero-order chi connectivity index (χ0) is 13.7. The average Bonchev–Trinajstić information content (AvgIpc) is 2.49. The van der Waals surface area contributed by atoms with Crippen molar-refractivity contribution in [1.29, 1.82) is 0 Å². The van der Waals surface area contributed by atoms with Gasteiger partial charge in [-0.2, -0.15) is 0 Å². The molecule has 0 unspecified atom stereocenters. The van der Waals surface area contributed by atoms with Crippen LogP contribution in [0.2, 0.25) is 0 Å². The molecule has 0 bridgehead atoms. The molecule has 0 spiro atoms. The maximum absolute atomic E-state index is 12.4. The van der Waals surface area contributed by atoms with Crippen LogP contribution in [0, 0.1) is 0 Å². The van der Waals surface area contributed by atoms with Crippen LogP contribution in [0.3, 0.4) is 0 Å². The SMILES string of the molecule is C=C=C(C(=O)c1ccc(OC)cc1)c1ccccc1. The number of ketones is 1. The van der Waals surface area contributed by atoms with E-state index in [-0.39, 0.29) is 5.78 Å². The Balaban J connectivity index is 2.34. The number of hydrogen-bond acceptors (Lipinski definition) is 2. The van der Waals surface area contributed by atoms with E-state index in [4.69, 9.17) is 4.74 Å². The molecule has 0 amide bonds. The monoisotopic (exact) mass is 250 g/mol. The van der Waals surface area contributed by atoms with E-state index in [2.05, 4.69) is 12.3 Å². The van der Waals surface area contributed by atoms with E-state index in [1.165, 1.54) is 0 Å². The van der Waals surface area contributed by atoms with Crippen molar-refractivity contribution < 1.29 is 9.53 Å². The summed E-state index contributed by atoms with van der Waals surface area (Å²) in [6.07, 6.45) is 0. The van der Waals surface area contributed by atoms with E-state index < -0.39 is 0 Å². The smallest absolute Gasteiger partial charge is 0.201 e. The van der Waals surface area contributed by atoms with Crippen LogP contribution < -0.4 is 4.74 Å². The zero-order valence-electron chi connectivity index (χ0n) is 10.7. The Kier molecular flexibility index (Phi) is 3.97. The highest BCUT2D eigenvalue weighted by Crippen LogP contribution is 2.20. The molecular weight excluding hydrogens is 236 g/mol. The van der Waals surface area contributed by atoms with E-state index in [1.54, 1.807) is 31.4 Å². The average molecular weight is 250 g/mol. The second-order valence-electron chi connectivity index (χ2n) is 3.98. The van der Waals surface area contributed by atoms with Crippen LogP contribution in [0.4, 0.5) is 0 Å². The molecule has 0 N–H and O–H groups in total. The van der Waals surface area contributed by atoms with Gasteiger partial charge in [0, 0.05) is 5.56 Å². The Bertz CT molecular complexity index is 618. The normalized spacial score (nSPS) is 9.53. The fourth-order valence-corrected chi connectivity index (χ4v) is 1.80. The van der Waals surface area contributed by atoms with Gasteiger partial charge in [-0.25, -0.2) is 0 Å². The molecule has 2 heteroatoms. The number of hydrogen-bond donors (Lipinski definition) is 0. The van der Waals surface area contributed by atoms with Crippen LogP contribution >= 0.6 is 0 Å². The second-order valence-corrected chi connectivity index (χ2v) is 3.98. The van der Waals surface area contributed by atoms with Crippen molar-refractivity contribution >= 4 is 11.4 Å². The van der Waals surface area contributed by atoms with Crippen molar-refractivity contribution in [2.45, 2.75) is 0 Å². The molecule has 2 aromatic carbocycles. The Labute approximate surface area is 112 Å². The summed E-state index contributed by atoms with van der Waals surface area (Å²) in [7, 11) is 1.59. The van der Waals surface area contributed by atoms with Gasteiger partial charge in [-0.3, -0.25) is 4.79 Å². The van der Waals surface area contributed by atoms with Crippen LogP contribution in [0.15, 0.2) is 66.9 Å². The number of allylic oxidation sites excluding steroid dienone is 1. The molecule has 0 radical (unpaired) electrons. The first-order valence-electron chi connectivity index (χ1n) is 5.90. The molecule has 19 heavy (non-hydrogen) atoms. The summed E-state index contributed by atoms with van der Waals surface area (Å²) < 4.78 is 5.07. The highest BCUT2D eigenvalue weighted by molar-refractivity contribution is 6.28. The molecule has 0 saturated carbocycles. The van der Waals surface area contributed by atoms with E-state index in [0.717, 1.165) is 11.3 Å². The molecule has 0 aliphatic carbocycles. The summed E-state index contributed by atoms with van der Waals surface area (Å²) in [6, 6.07) is 16.4. The Hall–Kier alpha value is -2.57. The van der Waals surface area contributed by atoms with Gasteiger partial charge in [0.25, 0.3) is 0 Å². The van der Waals surface area contributed by atoms with Gasteiger partial charge in [0.15, 0.2) is 0 Å². The zero-order valence-corrected chi connectivity index (χ0v) is 10.7. The predicted octanol–water partition coefficient (Wildman–Crippen LogP) is 3.75. The van der Waals surface area contributed by atoms with Gasteiger partial charge in [0.2, 0.25) is 5.78 Å². The van der Waals surface area contributed by atoms with E-state index >= 15 is 0 Å². The van der Waals surface area contributed by atoms with Gasteiger partial charge >= 0.3 is 0 Å². The van der Waals surface area contributed by atoms with Crippen LogP contribution in [0.5, 0.6) is 5.75 Å². The fraction of sp³-hybridized carbons (Fsp3) is 0.0588. The topological polar surface area (TPSA) is 26.3 Å². The van der Waals surface area contributed by atoms with Crippen LogP contribution in [0.1, 0.15) is 15.9 Å². The second kappa shape index (κ2) is 5.85. The molecule has 0 atom stereocenters. The van der Waals surface area contributed by atoms with Gasteiger partial charge in [0.1, 0.15) is 5.75 Å². The van der Waals surface area contributed by atoms with Crippen molar-refractivity contribution in [3.8, 4) is 5.75 Å². The maximum atomic E-state index is 12.4. The lowest BCUT2D eigenvalue weighted by molar-refractivity contribution is 0.105. The summed E-state index contributed by atoms with van der Waals surface area (Å²) in [4.78, 5) is 12.4.